The summed E-state index contributed by atoms with van der Waals surface area (Å²) >= 11 is 8.80. The molecule has 0 atom stereocenters. The summed E-state index contributed by atoms with van der Waals surface area (Å²) in [4.78, 5) is 0. The number of phenolic OH excluding ortho intramolecular Hbond substituents is 1. The van der Waals surface area contributed by atoms with Crippen molar-refractivity contribution >= 4 is 36.7 Å². The van der Waals surface area contributed by atoms with Crippen LogP contribution < -0.4 is 0 Å². The molecule has 1 rings (SSSR count). The van der Waals surface area contributed by atoms with Crippen molar-refractivity contribution in [3.05, 3.63) is 29.8 Å². The zero-order valence-corrected chi connectivity index (χ0v) is 13.6. The van der Waals surface area contributed by atoms with Crippen LogP contribution in [-0.2, 0) is 14.7 Å². The zero-order valence-electron chi connectivity index (χ0n) is 6.39. The Morgan fingerprint density at radius 1 is 1.17 bits per heavy atom. The molecule has 0 amide bonds. The zero-order chi connectivity index (χ0) is 9.56. The van der Waals surface area contributed by atoms with Gasteiger partial charge in [0.15, 0.2) is 0 Å². The van der Waals surface area contributed by atoms with Crippen LogP contribution in [0.3, 0.4) is 0 Å². The van der Waals surface area contributed by atoms with E-state index in [2.05, 4.69) is 36.7 Å². The van der Waals surface area contributed by atoms with Crippen molar-refractivity contribution in [2.75, 3.05) is 0 Å². The van der Waals surface area contributed by atoms with Gasteiger partial charge in [0.05, 0.1) is 0 Å². The number of hydrogen-bond donors (Lipinski definition) is 1. The van der Waals surface area contributed by atoms with E-state index in [4.69, 9.17) is 5.11 Å². The van der Waals surface area contributed by atoms with Gasteiger partial charge >= 0.3 is 51.4 Å². The Morgan fingerprint density at radius 2 is 1.58 bits per heavy atom. The molecule has 12 heavy (non-hydrogen) atoms. The fourth-order valence-corrected chi connectivity index (χ4v) is 0.563. The first-order valence-corrected chi connectivity index (χ1v) is 20.0. The van der Waals surface area contributed by atoms with Gasteiger partial charge in [-0.3, -0.25) is 0 Å². The van der Waals surface area contributed by atoms with E-state index in [9.17, 15) is 0 Å². The monoisotopic (exact) mass is 435 g/mol. The van der Waals surface area contributed by atoms with E-state index in [-0.39, 0.29) is 0 Å². The molecule has 0 radical (unpaired) electrons. The summed E-state index contributed by atoms with van der Waals surface area (Å²) in [5.74, 6) is 0.368. The van der Waals surface area contributed by atoms with E-state index >= 15 is 0 Å². The van der Waals surface area contributed by atoms with Gasteiger partial charge in [-0.25, -0.2) is 0 Å². The van der Waals surface area contributed by atoms with Crippen molar-refractivity contribution in [3.63, 3.8) is 0 Å². The molecular formula is C7H8Br3OZr. The standard InChI is InChI=1S/C7H8O.3BrH.Zr/c1-6-4-2-3-5-7(6)8;;;;/h2-5,8H,1H3;3*1H;/q;;;;+3/p-3. The summed E-state index contributed by atoms with van der Waals surface area (Å²) in [6, 6.07) is 7.25. The molecule has 1 aromatic carbocycles. The van der Waals surface area contributed by atoms with Crippen LogP contribution in [0.15, 0.2) is 24.3 Å². The van der Waals surface area contributed by atoms with E-state index in [1.807, 2.05) is 25.1 Å². The van der Waals surface area contributed by atoms with Gasteiger partial charge in [0.25, 0.3) is 0 Å². The van der Waals surface area contributed by atoms with Crippen LogP contribution in [0, 0.1) is 6.92 Å². The number of aromatic hydroxyl groups is 1. The normalized spacial score (nSPS) is 8.33. The fraction of sp³-hybridized carbons (Fsp3) is 0.143. The van der Waals surface area contributed by atoms with Gasteiger partial charge in [0.2, 0.25) is 0 Å². The molecule has 1 N–H and O–H groups in total. The van der Waals surface area contributed by atoms with Crippen molar-refractivity contribution in [3.8, 4) is 5.75 Å². The van der Waals surface area contributed by atoms with Crippen LogP contribution in [0.1, 0.15) is 5.56 Å². The van der Waals surface area contributed by atoms with E-state index < -0.39 is 14.7 Å². The van der Waals surface area contributed by atoms with Crippen LogP contribution >= 0.6 is 36.7 Å². The molecule has 0 spiro atoms. The summed E-state index contributed by atoms with van der Waals surface area (Å²) in [5.41, 5.74) is 0.924. The molecule has 0 aliphatic heterocycles. The van der Waals surface area contributed by atoms with Crippen molar-refractivity contribution in [1.29, 1.82) is 0 Å². The molecule has 0 saturated heterocycles. The molecule has 0 aliphatic carbocycles. The van der Waals surface area contributed by atoms with Gasteiger partial charge in [0.1, 0.15) is 5.75 Å². The Kier molecular flexibility index (Phi) is 8.58. The van der Waals surface area contributed by atoms with Crippen LogP contribution in [0.25, 0.3) is 0 Å². The maximum atomic E-state index is 8.92. The second-order valence-electron chi connectivity index (χ2n) is 2.00. The minimum absolute atomic E-state index is 0.368. The first-order chi connectivity index (χ1) is 5.54. The molecule has 67 valence electrons. The fourth-order valence-electron chi connectivity index (χ4n) is 0.563. The SMILES string of the molecule is Cc1ccccc1O.[Br][Zr]([Br])[Br]. The Bertz CT molecular complexity index is 206. The molecule has 0 heterocycles. The Labute approximate surface area is 97.6 Å². The van der Waals surface area contributed by atoms with Crippen molar-refractivity contribution < 1.29 is 19.8 Å². The third kappa shape index (κ3) is 7.96. The molecule has 0 fully saturated rings. The van der Waals surface area contributed by atoms with Crippen LogP contribution in [0.2, 0.25) is 0 Å². The van der Waals surface area contributed by atoms with Gasteiger partial charge in [-0.1, -0.05) is 18.2 Å². The molecule has 0 saturated carbocycles. The maximum absolute atomic E-state index is 8.92. The minimum atomic E-state index is -1.11. The van der Waals surface area contributed by atoms with E-state index in [0.717, 1.165) is 5.56 Å². The summed E-state index contributed by atoms with van der Waals surface area (Å²) in [6.45, 7) is 1.87. The summed E-state index contributed by atoms with van der Waals surface area (Å²) in [5, 5.41) is 8.92. The molecule has 1 nitrogen and oxygen atoms in total. The van der Waals surface area contributed by atoms with Gasteiger partial charge in [-0.15, -0.1) is 0 Å². The average Bonchev–Trinajstić information content (AvgIpc) is 1.94. The number of aryl methyl sites for hydroxylation is 1. The molecule has 5 heteroatoms. The Hall–Kier alpha value is 1.34. The van der Waals surface area contributed by atoms with Gasteiger partial charge < -0.3 is 5.11 Å². The number of para-hydroxylation sites is 1. The van der Waals surface area contributed by atoms with Crippen LogP contribution in [-0.4, -0.2) is 5.11 Å². The quantitative estimate of drug-likeness (QED) is 0.642. The van der Waals surface area contributed by atoms with Crippen molar-refractivity contribution in [1.82, 2.24) is 0 Å². The summed E-state index contributed by atoms with van der Waals surface area (Å²) < 4.78 is 0. The molecule has 0 bridgehead atoms. The van der Waals surface area contributed by atoms with Gasteiger partial charge in [-0.2, -0.15) is 0 Å². The van der Waals surface area contributed by atoms with Crippen molar-refractivity contribution in [2.45, 2.75) is 6.92 Å². The number of hydrogen-bond acceptors (Lipinski definition) is 1. The number of halogens is 3. The molecule has 0 aromatic heterocycles. The molecule has 0 aliphatic rings. The second-order valence-corrected chi connectivity index (χ2v) is 36.0. The predicted octanol–water partition coefficient (Wildman–Crippen LogP) is 4.23. The Balaban J connectivity index is 0.000000261. The number of phenols is 1. The molecule has 0 unspecified atom stereocenters. The summed E-state index contributed by atoms with van der Waals surface area (Å²) in [7, 11) is 0. The van der Waals surface area contributed by atoms with E-state index in [1.165, 1.54) is 0 Å². The third-order valence-electron chi connectivity index (χ3n) is 1.12. The molecule has 1 aromatic rings. The number of rotatable bonds is 0. The van der Waals surface area contributed by atoms with Gasteiger partial charge in [0, 0.05) is 0 Å². The Morgan fingerprint density at radius 3 is 1.83 bits per heavy atom. The van der Waals surface area contributed by atoms with Crippen LogP contribution in [0.4, 0.5) is 0 Å². The second kappa shape index (κ2) is 7.72. The van der Waals surface area contributed by atoms with Gasteiger partial charge in [-0.05, 0) is 18.6 Å². The average molecular weight is 439 g/mol. The third-order valence-corrected chi connectivity index (χ3v) is 1.12. The van der Waals surface area contributed by atoms with Crippen LogP contribution in [0.5, 0.6) is 5.75 Å². The first-order valence-electron chi connectivity index (χ1n) is 3.12. The van der Waals surface area contributed by atoms with E-state index in [0.29, 0.717) is 5.75 Å². The van der Waals surface area contributed by atoms with Crippen molar-refractivity contribution in [2.24, 2.45) is 0 Å². The molecular weight excluding hydrogens is 431 g/mol. The first kappa shape index (κ1) is 13.3. The van der Waals surface area contributed by atoms with E-state index in [1.54, 1.807) is 6.07 Å². The topological polar surface area (TPSA) is 20.2 Å². The predicted molar refractivity (Wildman–Crippen MR) is 59.6 cm³/mol. The summed E-state index contributed by atoms with van der Waals surface area (Å²) in [6.07, 6.45) is 0. The number of benzene rings is 1.